The predicted octanol–water partition coefficient (Wildman–Crippen LogP) is 1.78. The maximum atomic E-state index is 5.50. The molecule has 1 rings (SSSR count). The molecule has 1 heterocycles. The highest BCUT2D eigenvalue weighted by molar-refractivity contribution is 5.56. The van der Waals surface area contributed by atoms with Crippen LogP contribution in [-0.2, 0) is 6.42 Å². The Morgan fingerprint density at radius 3 is 2.30 bits per heavy atom. The lowest BCUT2D eigenvalue weighted by Crippen LogP contribution is -2.25. The van der Waals surface area contributed by atoms with Crippen LogP contribution in [0.2, 0.25) is 0 Å². The molecule has 0 atom stereocenters. The Balaban J connectivity index is 2.59. The molecule has 0 aromatic carbocycles. The Morgan fingerprint density at radius 1 is 1.10 bits per heavy atom. The average Bonchev–Trinajstić information content (AvgIpc) is 2.48. The van der Waals surface area contributed by atoms with E-state index in [0.29, 0.717) is 5.82 Å². The second-order valence-corrected chi connectivity index (χ2v) is 4.77. The molecule has 0 bridgehead atoms. The van der Waals surface area contributed by atoms with Crippen molar-refractivity contribution in [2.24, 2.45) is 5.84 Å². The Morgan fingerprint density at radius 2 is 1.75 bits per heavy atom. The molecule has 6 heteroatoms. The fourth-order valence-corrected chi connectivity index (χ4v) is 2.08. The van der Waals surface area contributed by atoms with E-state index in [1.807, 2.05) is 13.8 Å². The fourth-order valence-electron chi connectivity index (χ4n) is 2.08. The Kier molecular flexibility index (Phi) is 7.25. The topological polar surface area (TPSA) is 79.1 Å². The number of hydrogen-bond acceptors (Lipinski definition) is 6. The summed E-state index contributed by atoms with van der Waals surface area (Å²) >= 11 is 0. The largest absolute Gasteiger partial charge is 0.370 e. The normalized spacial score (nSPS) is 10.9. The third-order valence-corrected chi connectivity index (χ3v) is 3.48. The van der Waals surface area contributed by atoms with Gasteiger partial charge in [0.2, 0.25) is 0 Å². The maximum absolute atomic E-state index is 5.50. The van der Waals surface area contributed by atoms with Crippen LogP contribution >= 0.6 is 0 Å². The van der Waals surface area contributed by atoms with Crippen molar-refractivity contribution in [3.05, 3.63) is 11.4 Å². The minimum absolute atomic E-state index is 0.697. The zero-order chi connectivity index (χ0) is 15.0. The van der Waals surface area contributed by atoms with E-state index in [9.17, 15) is 0 Å². The van der Waals surface area contributed by atoms with Crippen LogP contribution in [0.1, 0.15) is 38.6 Å². The minimum atomic E-state index is 0.697. The van der Waals surface area contributed by atoms with Crippen LogP contribution in [0.4, 0.5) is 11.6 Å². The van der Waals surface area contributed by atoms with Gasteiger partial charge < -0.3 is 15.6 Å². The molecular formula is C14H28N6. The van der Waals surface area contributed by atoms with Crippen molar-refractivity contribution in [1.29, 1.82) is 0 Å². The van der Waals surface area contributed by atoms with E-state index in [1.54, 1.807) is 0 Å². The Bertz CT molecular complexity index is 403. The highest BCUT2D eigenvalue weighted by Gasteiger charge is 2.09. The van der Waals surface area contributed by atoms with Gasteiger partial charge in [0.1, 0.15) is 17.5 Å². The number of nitrogens with two attached hydrogens (primary N) is 1. The average molecular weight is 280 g/mol. The maximum Gasteiger partial charge on any atom is 0.148 e. The van der Waals surface area contributed by atoms with Gasteiger partial charge in [0, 0.05) is 18.5 Å². The van der Waals surface area contributed by atoms with Gasteiger partial charge in [0.25, 0.3) is 0 Å². The number of hydrazine groups is 1. The van der Waals surface area contributed by atoms with Gasteiger partial charge in [0.15, 0.2) is 0 Å². The van der Waals surface area contributed by atoms with Gasteiger partial charge in [-0.3, -0.25) is 0 Å². The van der Waals surface area contributed by atoms with Crippen molar-refractivity contribution < 1.29 is 0 Å². The zero-order valence-corrected chi connectivity index (χ0v) is 13.2. The summed E-state index contributed by atoms with van der Waals surface area (Å²) in [6, 6.07) is 0. The molecule has 0 aliphatic heterocycles. The lowest BCUT2D eigenvalue weighted by Gasteiger charge is -2.18. The second-order valence-electron chi connectivity index (χ2n) is 4.77. The zero-order valence-electron chi connectivity index (χ0n) is 13.2. The number of aromatic nitrogens is 2. The van der Waals surface area contributed by atoms with Gasteiger partial charge in [-0.25, -0.2) is 15.8 Å². The molecule has 0 saturated carbocycles. The molecule has 0 aliphatic carbocycles. The van der Waals surface area contributed by atoms with Gasteiger partial charge in [0.05, 0.1) is 0 Å². The van der Waals surface area contributed by atoms with Gasteiger partial charge in [-0.15, -0.1) is 0 Å². The van der Waals surface area contributed by atoms with Crippen molar-refractivity contribution in [3.63, 3.8) is 0 Å². The summed E-state index contributed by atoms with van der Waals surface area (Å²) < 4.78 is 0. The first-order valence-corrected chi connectivity index (χ1v) is 7.46. The van der Waals surface area contributed by atoms with Crippen molar-refractivity contribution in [1.82, 2.24) is 14.9 Å². The summed E-state index contributed by atoms with van der Waals surface area (Å²) in [4.78, 5) is 11.3. The lowest BCUT2D eigenvalue weighted by atomic mass is 10.3. The van der Waals surface area contributed by atoms with Crippen LogP contribution in [-0.4, -0.2) is 41.0 Å². The van der Waals surface area contributed by atoms with Gasteiger partial charge in [-0.1, -0.05) is 20.8 Å². The molecule has 0 saturated heterocycles. The summed E-state index contributed by atoms with van der Waals surface area (Å²) in [6.45, 7) is 12.6. The van der Waals surface area contributed by atoms with Crippen LogP contribution in [0.25, 0.3) is 0 Å². The van der Waals surface area contributed by atoms with Crippen molar-refractivity contribution in [2.45, 2.75) is 40.5 Å². The molecule has 4 N–H and O–H groups in total. The first-order valence-electron chi connectivity index (χ1n) is 7.46. The molecule has 20 heavy (non-hydrogen) atoms. The van der Waals surface area contributed by atoms with E-state index in [-0.39, 0.29) is 0 Å². The third kappa shape index (κ3) is 4.61. The van der Waals surface area contributed by atoms with Crippen LogP contribution in [0.3, 0.4) is 0 Å². The van der Waals surface area contributed by atoms with E-state index in [1.165, 1.54) is 0 Å². The van der Waals surface area contributed by atoms with Gasteiger partial charge >= 0.3 is 0 Å². The molecule has 0 amide bonds. The SMILES string of the molecule is CCc1nc(NN)c(C)c(NCCCN(CC)CC)n1. The smallest absolute Gasteiger partial charge is 0.148 e. The number of nitrogen functional groups attached to an aromatic ring is 1. The molecule has 0 fully saturated rings. The van der Waals surface area contributed by atoms with Gasteiger partial charge in [-0.05, 0) is 33.0 Å². The number of nitrogens with one attached hydrogen (secondary N) is 2. The molecule has 1 aromatic heterocycles. The molecule has 0 radical (unpaired) electrons. The van der Waals surface area contributed by atoms with Crippen molar-refractivity contribution >= 4 is 11.6 Å². The van der Waals surface area contributed by atoms with Crippen LogP contribution in [0.5, 0.6) is 0 Å². The van der Waals surface area contributed by atoms with E-state index in [0.717, 1.165) is 56.2 Å². The monoisotopic (exact) mass is 280 g/mol. The first-order chi connectivity index (χ1) is 9.65. The van der Waals surface area contributed by atoms with Crippen molar-refractivity contribution in [3.8, 4) is 0 Å². The molecule has 0 unspecified atom stereocenters. The van der Waals surface area contributed by atoms with E-state index in [4.69, 9.17) is 5.84 Å². The van der Waals surface area contributed by atoms with E-state index in [2.05, 4.69) is 39.5 Å². The van der Waals surface area contributed by atoms with Crippen LogP contribution < -0.4 is 16.6 Å². The predicted molar refractivity (Wildman–Crippen MR) is 84.9 cm³/mol. The van der Waals surface area contributed by atoms with E-state index < -0.39 is 0 Å². The summed E-state index contributed by atoms with van der Waals surface area (Å²) in [7, 11) is 0. The molecule has 6 nitrogen and oxygen atoms in total. The van der Waals surface area contributed by atoms with Crippen LogP contribution in [0.15, 0.2) is 0 Å². The number of anilines is 2. The third-order valence-electron chi connectivity index (χ3n) is 3.48. The minimum Gasteiger partial charge on any atom is -0.370 e. The number of rotatable bonds is 9. The molecular weight excluding hydrogens is 252 g/mol. The molecule has 114 valence electrons. The first kappa shape index (κ1) is 16.7. The highest BCUT2D eigenvalue weighted by atomic mass is 15.3. The van der Waals surface area contributed by atoms with Crippen LogP contribution in [0, 0.1) is 6.92 Å². The second kappa shape index (κ2) is 8.71. The fraction of sp³-hybridized carbons (Fsp3) is 0.714. The summed E-state index contributed by atoms with van der Waals surface area (Å²) in [5.41, 5.74) is 3.60. The number of hydrogen-bond donors (Lipinski definition) is 3. The Hall–Kier alpha value is -1.40. The number of nitrogens with zero attached hydrogens (tertiary/aromatic N) is 3. The summed E-state index contributed by atoms with van der Waals surface area (Å²) in [6.07, 6.45) is 1.89. The summed E-state index contributed by atoms with van der Waals surface area (Å²) in [5, 5.41) is 3.39. The van der Waals surface area contributed by atoms with E-state index >= 15 is 0 Å². The van der Waals surface area contributed by atoms with Crippen molar-refractivity contribution in [2.75, 3.05) is 36.9 Å². The Labute approximate surface area is 122 Å². The number of aryl methyl sites for hydroxylation is 1. The standard InChI is InChI=1S/C14H28N6/c1-5-12-17-13(11(4)14(18-12)19-15)16-9-8-10-20(6-2)7-3/h5-10,15H2,1-4H3,(H2,16,17,18,19). The summed E-state index contributed by atoms with van der Waals surface area (Å²) in [5.74, 6) is 7.88. The highest BCUT2D eigenvalue weighted by Crippen LogP contribution is 2.19. The molecule has 1 aromatic rings. The molecule has 0 aliphatic rings. The molecule has 0 spiro atoms. The lowest BCUT2D eigenvalue weighted by molar-refractivity contribution is 0.303. The van der Waals surface area contributed by atoms with Gasteiger partial charge in [-0.2, -0.15) is 0 Å². The quantitative estimate of drug-likeness (QED) is 0.363.